The number of hydrogen-bond acceptors (Lipinski definition) is 7. The first-order valence-corrected chi connectivity index (χ1v) is 7.04. The molecule has 0 atom stereocenters. The van der Waals surface area contributed by atoms with E-state index in [1.165, 1.54) is 17.0 Å². The lowest BCUT2D eigenvalue weighted by Crippen LogP contribution is -2.20. The van der Waals surface area contributed by atoms with Crippen LogP contribution in [-0.4, -0.2) is 36.1 Å². The standard InChI is InChI=1S/C15H11N5O5/c21-14(25-15(22)18-7-6-16-9-18)12-13(20(23)24)17-10-19(12)8-11-4-2-1-3-5-11/h1-7,9-10H,8H2. The van der Waals surface area contributed by atoms with E-state index in [1.54, 1.807) is 24.3 Å². The van der Waals surface area contributed by atoms with Gasteiger partial charge in [0.15, 0.2) is 0 Å². The number of aromatic nitrogens is 4. The summed E-state index contributed by atoms with van der Waals surface area (Å²) in [5.41, 5.74) is 0.382. The van der Waals surface area contributed by atoms with Crippen LogP contribution in [0.1, 0.15) is 16.1 Å². The Morgan fingerprint density at radius 3 is 2.60 bits per heavy atom. The number of imidazole rings is 2. The van der Waals surface area contributed by atoms with Gasteiger partial charge in [0.2, 0.25) is 12.0 Å². The van der Waals surface area contributed by atoms with Crippen LogP contribution in [0.25, 0.3) is 0 Å². The fourth-order valence-corrected chi connectivity index (χ4v) is 2.16. The van der Waals surface area contributed by atoms with Crippen molar-refractivity contribution in [3.63, 3.8) is 0 Å². The number of hydrogen-bond donors (Lipinski definition) is 0. The molecular weight excluding hydrogens is 330 g/mol. The van der Waals surface area contributed by atoms with E-state index in [1.807, 2.05) is 6.07 Å². The van der Waals surface area contributed by atoms with Crippen LogP contribution >= 0.6 is 0 Å². The van der Waals surface area contributed by atoms with Gasteiger partial charge < -0.3 is 14.9 Å². The number of ether oxygens (including phenoxy) is 1. The van der Waals surface area contributed by atoms with E-state index in [-0.39, 0.29) is 6.54 Å². The molecule has 0 radical (unpaired) electrons. The van der Waals surface area contributed by atoms with Crippen molar-refractivity contribution in [3.05, 3.63) is 76.8 Å². The Balaban J connectivity index is 1.90. The summed E-state index contributed by atoms with van der Waals surface area (Å²) < 4.78 is 6.88. The Labute approximate surface area is 140 Å². The maximum absolute atomic E-state index is 12.3. The van der Waals surface area contributed by atoms with Crippen LogP contribution in [0.5, 0.6) is 0 Å². The number of nitro groups is 1. The molecule has 1 aromatic carbocycles. The molecule has 0 aliphatic carbocycles. The van der Waals surface area contributed by atoms with Gasteiger partial charge in [-0.3, -0.25) is 4.57 Å². The molecule has 2 aromatic heterocycles. The van der Waals surface area contributed by atoms with E-state index in [0.717, 1.165) is 22.8 Å². The van der Waals surface area contributed by atoms with E-state index < -0.39 is 28.5 Å². The van der Waals surface area contributed by atoms with Crippen LogP contribution in [0.2, 0.25) is 0 Å². The first-order chi connectivity index (χ1) is 12.1. The first-order valence-electron chi connectivity index (χ1n) is 7.04. The largest absolute Gasteiger partial charge is 0.427 e. The summed E-state index contributed by atoms with van der Waals surface area (Å²) in [6, 6.07) is 8.98. The number of benzene rings is 1. The van der Waals surface area contributed by atoms with Gasteiger partial charge in [-0.1, -0.05) is 30.3 Å². The highest BCUT2D eigenvalue weighted by molar-refractivity contribution is 5.98. The first kappa shape index (κ1) is 16.1. The van der Waals surface area contributed by atoms with Crippen molar-refractivity contribution in [1.29, 1.82) is 0 Å². The summed E-state index contributed by atoms with van der Waals surface area (Å²) in [5, 5.41) is 11.1. The molecule has 0 saturated heterocycles. The predicted molar refractivity (Wildman–Crippen MR) is 82.9 cm³/mol. The lowest BCUT2D eigenvalue weighted by atomic mass is 10.2. The van der Waals surface area contributed by atoms with Crippen LogP contribution in [0.4, 0.5) is 10.6 Å². The average Bonchev–Trinajstić information content (AvgIpc) is 3.25. The molecule has 0 aliphatic heterocycles. The minimum absolute atomic E-state index is 0.158. The predicted octanol–water partition coefficient (Wildman–Crippen LogP) is 1.86. The summed E-state index contributed by atoms with van der Waals surface area (Å²) in [5.74, 6) is -1.85. The van der Waals surface area contributed by atoms with Crippen molar-refractivity contribution in [2.24, 2.45) is 0 Å². The number of nitrogens with zero attached hydrogens (tertiary/aromatic N) is 5. The molecule has 25 heavy (non-hydrogen) atoms. The van der Waals surface area contributed by atoms with E-state index in [0.29, 0.717) is 0 Å². The summed E-state index contributed by atoms with van der Waals surface area (Å²) >= 11 is 0. The number of carbonyl (C=O) groups excluding carboxylic acids is 2. The molecule has 3 aromatic rings. The third kappa shape index (κ3) is 3.42. The molecule has 10 heteroatoms. The van der Waals surface area contributed by atoms with Gasteiger partial charge in [0.25, 0.3) is 0 Å². The lowest BCUT2D eigenvalue weighted by Gasteiger charge is -2.07. The van der Waals surface area contributed by atoms with Crippen LogP contribution in [-0.2, 0) is 11.3 Å². The highest BCUT2D eigenvalue weighted by Crippen LogP contribution is 2.19. The molecule has 10 nitrogen and oxygen atoms in total. The fraction of sp³-hybridized carbons (Fsp3) is 0.0667. The summed E-state index contributed by atoms with van der Waals surface area (Å²) in [4.78, 5) is 41.8. The number of carbonyl (C=O) groups is 2. The zero-order valence-corrected chi connectivity index (χ0v) is 12.7. The molecule has 0 N–H and O–H groups in total. The Kier molecular flexibility index (Phi) is 4.33. The molecule has 0 amide bonds. The van der Waals surface area contributed by atoms with E-state index in [2.05, 4.69) is 14.7 Å². The second kappa shape index (κ2) is 6.74. The molecule has 0 saturated carbocycles. The zero-order valence-electron chi connectivity index (χ0n) is 12.7. The van der Waals surface area contributed by atoms with Crippen molar-refractivity contribution >= 4 is 17.9 Å². The number of esters is 1. The van der Waals surface area contributed by atoms with Gasteiger partial charge >= 0.3 is 17.9 Å². The highest BCUT2D eigenvalue weighted by Gasteiger charge is 2.31. The number of rotatable bonds is 4. The molecule has 0 spiro atoms. The highest BCUT2D eigenvalue weighted by atomic mass is 16.6. The van der Waals surface area contributed by atoms with Crippen LogP contribution in [0.15, 0.2) is 55.4 Å². The average molecular weight is 341 g/mol. The maximum Gasteiger partial charge on any atom is 0.427 e. The van der Waals surface area contributed by atoms with Crippen molar-refractivity contribution in [3.8, 4) is 0 Å². The van der Waals surface area contributed by atoms with Gasteiger partial charge in [0.1, 0.15) is 6.33 Å². The quantitative estimate of drug-likeness (QED) is 0.307. The smallest absolute Gasteiger partial charge is 0.371 e. The topological polar surface area (TPSA) is 122 Å². The van der Waals surface area contributed by atoms with Gasteiger partial charge in [-0.25, -0.2) is 19.1 Å². The van der Waals surface area contributed by atoms with Gasteiger partial charge in [-0.2, -0.15) is 0 Å². The van der Waals surface area contributed by atoms with Crippen molar-refractivity contribution in [2.75, 3.05) is 0 Å². The van der Waals surface area contributed by atoms with Crippen LogP contribution < -0.4 is 0 Å². The van der Waals surface area contributed by atoms with Crippen LogP contribution in [0, 0.1) is 10.1 Å². The fourth-order valence-electron chi connectivity index (χ4n) is 2.16. The summed E-state index contributed by atoms with van der Waals surface area (Å²) in [6.07, 6.45) is 3.89. The molecule has 0 fully saturated rings. The monoisotopic (exact) mass is 341 g/mol. The van der Waals surface area contributed by atoms with E-state index in [9.17, 15) is 19.7 Å². The Bertz CT molecular complexity index is 917. The zero-order chi connectivity index (χ0) is 17.8. The minimum Gasteiger partial charge on any atom is -0.371 e. The molecule has 0 unspecified atom stereocenters. The third-order valence-corrected chi connectivity index (χ3v) is 3.28. The van der Waals surface area contributed by atoms with Crippen molar-refractivity contribution in [1.82, 2.24) is 19.1 Å². The van der Waals surface area contributed by atoms with E-state index in [4.69, 9.17) is 0 Å². The molecule has 3 rings (SSSR count). The summed E-state index contributed by atoms with van der Waals surface area (Å²) in [6.45, 7) is 0.158. The normalized spacial score (nSPS) is 10.4. The lowest BCUT2D eigenvalue weighted by molar-refractivity contribution is -0.389. The third-order valence-electron chi connectivity index (χ3n) is 3.28. The SMILES string of the molecule is O=C(OC(=O)n1ccnc1)c1c([N+](=O)[O-])ncn1Cc1ccccc1. The summed E-state index contributed by atoms with van der Waals surface area (Å²) in [7, 11) is 0. The molecule has 0 aliphatic rings. The minimum atomic E-state index is -1.17. The molecule has 0 bridgehead atoms. The Hall–Kier alpha value is -3.82. The van der Waals surface area contributed by atoms with E-state index >= 15 is 0 Å². The Morgan fingerprint density at radius 1 is 1.20 bits per heavy atom. The van der Waals surface area contributed by atoms with Gasteiger partial charge in [-0.05, 0) is 15.5 Å². The van der Waals surface area contributed by atoms with Crippen molar-refractivity contribution in [2.45, 2.75) is 6.54 Å². The van der Waals surface area contributed by atoms with Gasteiger partial charge in [0, 0.05) is 12.4 Å². The van der Waals surface area contributed by atoms with Gasteiger partial charge in [0.05, 0.1) is 6.54 Å². The van der Waals surface area contributed by atoms with Crippen molar-refractivity contribution < 1.29 is 19.2 Å². The second-order valence-corrected chi connectivity index (χ2v) is 4.91. The second-order valence-electron chi connectivity index (χ2n) is 4.91. The van der Waals surface area contributed by atoms with Crippen LogP contribution in [0.3, 0.4) is 0 Å². The molecular formula is C15H11N5O5. The Morgan fingerprint density at radius 2 is 1.96 bits per heavy atom. The van der Waals surface area contributed by atoms with Gasteiger partial charge in [-0.15, -0.1) is 0 Å². The molecule has 2 heterocycles. The maximum atomic E-state index is 12.3. The molecule has 126 valence electrons.